The highest BCUT2D eigenvalue weighted by Gasteiger charge is 2.38. The van der Waals surface area contributed by atoms with Crippen molar-refractivity contribution in [2.24, 2.45) is 0 Å². The molecular formula is C20H16F3N7O2S. The van der Waals surface area contributed by atoms with Crippen LogP contribution in [0.2, 0.25) is 0 Å². The lowest BCUT2D eigenvalue weighted by Gasteiger charge is -2.22. The molecule has 4 heterocycles. The molecular weight excluding hydrogens is 459 g/mol. The van der Waals surface area contributed by atoms with Gasteiger partial charge in [-0.05, 0) is 24.3 Å². The summed E-state index contributed by atoms with van der Waals surface area (Å²) in [6, 6.07) is 6.71. The van der Waals surface area contributed by atoms with E-state index in [1.807, 2.05) is 0 Å². The molecule has 0 aliphatic carbocycles. The van der Waals surface area contributed by atoms with E-state index in [-0.39, 0.29) is 11.7 Å². The Hall–Kier alpha value is -3.87. The van der Waals surface area contributed by atoms with Gasteiger partial charge in [0.2, 0.25) is 5.82 Å². The number of carbonyl (C=O) groups is 1. The van der Waals surface area contributed by atoms with Gasteiger partial charge in [-0.25, -0.2) is 9.97 Å². The summed E-state index contributed by atoms with van der Waals surface area (Å²) in [5.74, 6) is -0.703. The first kappa shape index (κ1) is 22.3. The van der Waals surface area contributed by atoms with Gasteiger partial charge >= 0.3 is 12.1 Å². The number of amides is 1. The molecule has 4 aromatic heterocycles. The average molecular weight is 475 g/mol. The van der Waals surface area contributed by atoms with Crippen molar-refractivity contribution in [1.82, 2.24) is 30.0 Å². The summed E-state index contributed by atoms with van der Waals surface area (Å²) in [4.78, 5) is 32.8. The number of thiophene rings is 1. The predicted molar refractivity (Wildman–Crippen MR) is 113 cm³/mol. The number of aromatic nitrogens is 5. The molecule has 0 saturated heterocycles. The van der Waals surface area contributed by atoms with Crippen LogP contribution < -0.4 is 4.90 Å². The van der Waals surface area contributed by atoms with Crippen molar-refractivity contribution in [3.05, 3.63) is 65.4 Å². The van der Waals surface area contributed by atoms with E-state index in [4.69, 9.17) is 0 Å². The maximum atomic E-state index is 12.7. The Bertz CT molecular complexity index is 1240. The Kier molecular flexibility index (Phi) is 6.05. The first-order valence-corrected chi connectivity index (χ1v) is 10.3. The van der Waals surface area contributed by atoms with Gasteiger partial charge in [0.1, 0.15) is 5.82 Å². The lowest BCUT2D eigenvalue weighted by atomic mass is 10.2. The monoisotopic (exact) mass is 475 g/mol. The largest absolute Gasteiger partial charge is 0.471 e. The summed E-state index contributed by atoms with van der Waals surface area (Å²) in [6.07, 6.45) is 1.39. The minimum Gasteiger partial charge on any atom is -0.345 e. The SMILES string of the molecule is CN(C)C(=O)c1ccc(N(Cc2ccc(-c3noc(C(F)(F)F)n3)s2)c2cnccn2)nc1. The van der Waals surface area contributed by atoms with Gasteiger partial charge in [0.25, 0.3) is 5.91 Å². The molecule has 1 amide bonds. The first-order valence-electron chi connectivity index (χ1n) is 9.43. The normalized spacial score (nSPS) is 11.4. The number of pyridine rings is 1. The van der Waals surface area contributed by atoms with Crippen LogP contribution in [-0.2, 0) is 12.7 Å². The van der Waals surface area contributed by atoms with Gasteiger partial charge < -0.3 is 14.3 Å². The highest BCUT2D eigenvalue weighted by atomic mass is 32.1. The number of hydrogen-bond acceptors (Lipinski definition) is 9. The molecule has 0 N–H and O–H groups in total. The Morgan fingerprint density at radius 3 is 2.48 bits per heavy atom. The van der Waals surface area contributed by atoms with Crippen molar-refractivity contribution in [2.45, 2.75) is 12.7 Å². The van der Waals surface area contributed by atoms with Gasteiger partial charge in [-0.1, -0.05) is 5.16 Å². The molecule has 0 aliphatic rings. The quantitative estimate of drug-likeness (QED) is 0.412. The van der Waals surface area contributed by atoms with E-state index in [0.29, 0.717) is 28.6 Å². The van der Waals surface area contributed by atoms with Crippen LogP contribution in [0.25, 0.3) is 10.7 Å². The zero-order valence-electron chi connectivity index (χ0n) is 17.3. The summed E-state index contributed by atoms with van der Waals surface area (Å²) in [7, 11) is 3.30. The van der Waals surface area contributed by atoms with Gasteiger partial charge in [0.15, 0.2) is 5.82 Å². The van der Waals surface area contributed by atoms with Crippen LogP contribution in [0.1, 0.15) is 21.1 Å². The smallest absolute Gasteiger partial charge is 0.345 e. The Labute approximate surface area is 189 Å². The third-order valence-electron chi connectivity index (χ3n) is 4.37. The number of carbonyl (C=O) groups excluding carboxylic acids is 1. The second kappa shape index (κ2) is 8.94. The van der Waals surface area contributed by atoms with Crippen LogP contribution in [0.5, 0.6) is 0 Å². The summed E-state index contributed by atoms with van der Waals surface area (Å²) >= 11 is 1.21. The zero-order valence-corrected chi connectivity index (χ0v) is 18.1. The lowest BCUT2D eigenvalue weighted by Crippen LogP contribution is -2.22. The van der Waals surface area contributed by atoms with E-state index in [1.165, 1.54) is 34.8 Å². The highest BCUT2D eigenvalue weighted by Crippen LogP contribution is 2.33. The number of anilines is 2. The van der Waals surface area contributed by atoms with Gasteiger partial charge in [-0.3, -0.25) is 9.78 Å². The molecule has 0 fully saturated rings. The van der Waals surface area contributed by atoms with E-state index in [2.05, 4.69) is 29.6 Å². The van der Waals surface area contributed by atoms with Gasteiger partial charge in [0.05, 0.1) is 23.2 Å². The highest BCUT2D eigenvalue weighted by molar-refractivity contribution is 7.15. The molecule has 0 atom stereocenters. The van der Waals surface area contributed by atoms with Crippen LogP contribution in [0.4, 0.5) is 24.8 Å². The molecule has 0 radical (unpaired) electrons. The van der Waals surface area contributed by atoms with Gasteiger partial charge in [0, 0.05) is 37.6 Å². The first-order chi connectivity index (χ1) is 15.7. The van der Waals surface area contributed by atoms with Crippen LogP contribution >= 0.6 is 11.3 Å². The van der Waals surface area contributed by atoms with E-state index in [1.54, 1.807) is 49.5 Å². The number of alkyl halides is 3. The minimum atomic E-state index is -4.71. The number of nitrogens with zero attached hydrogens (tertiary/aromatic N) is 7. The molecule has 170 valence electrons. The fraction of sp³-hybridized carbons (Fsp3) is 0.200. The second-order valence-electron chi connectivity index (χ2n) is 6.94. The third kappa shape index (κ3) is 4.98. The molecule has 4 rings (SSSR count). The molecule has 13 heteroatoms. The molecule has 4 aromatic rings. The number of halogens is 3. The zero-order chi connectivity index (χ0) is 23.6. The van der Waals surface area contributed by atoms with E-state index in [9.17, 15) is 18.0 Å². The van der Waals surface area contributed by atoms with Crippen LogP contribution in [0.15, 0.2) is 53.6 Å². The fourth-order valence-electron chi connectivity index (χ4n) is 2.82. The molecule has 9 nitrogen and oxygen atoms in total. The Morgan fingerprint density at radius 1 is 1.06 bits per heavy atom. The molecule has 0 spiro atoms. The molecule has 0 unspecified atom stereocenters. The van der Waals surface area contributed by atoms with Crippen molar-refractivity contribution in [2.75, 3.05) is 19.0 Å². The Balaban J connectivity index is 1.61. The van der Waals surface area contributed by atoms with Crippen LogP contribution in [0, 0.1) is 0 Å². The van der Waals surface area contributed by atoms with Gasteiger partial charge in [-0.15, -0.1) is 11.3 Å². The predicted octanol–water partition coefficient (Wildman–Crippen LogP) is 4.04. The minimum absolute atomic E-state index is 0.144. The number of rotatable bonds is 6. The topological polar surface area (TPSA) is 101 Å². The second-order valence-corrected chi connectivity index (χ2v) is 8.11. The van der Waals surface area contributed by atoms with E-state index < -0.39 is 12.1 Å². The Morgan fingerprint density at radius 2 is 1.88 bits per heavy atom. The van der Waals surface area contributed by atoms with Gasteiger partial charge in [-0.2, -0.15) is 18.2 Å². The molecule has 0 saturated carbocycles. The third-order valence-corrected chi connectivity index (χ3v) is 5.43. The standard InChI is InChI=1S/C20H16F3N7O2S/c1-29(2)18(31)12-3-6-15(26-9-12)30(16-10-24-7-8-25-16)11-13-4-5-14(33-13)17-27-19(32-28-17)20(21,22)23/h3-10H,11H2,1-2H3. The average Bonchev–Trinajstić information content (AvgIpc) is 3.47. The summed E-state index contributed by atoms with van der Waals surface area (Å²) in [5.41, 5.74) is 0.429. The van der Waals surface area contributed by atoms with Crippen molar-refractivity contribution in [3.8, 4) is 10.7 Å². The molecule has 0 aliphatic heterocycles. The molecule has 33 heavy (non-hydrogen) atoms. The van der Waals surface area contributed by atoms with Crippen molar-refractivity contribution < 1.29 is 22.5 Å². The maximum absolute atomic E-state index is 12.7. The molecule has 0 bridgehead atoms. The lowest BCUT2D eigenvalue weighted by molar-refractivity contribution is -0.159. The van der Waals surface area contributed by atoms with E-state index >= 15 is 0 Å². The summed E-state index contributed by atoms with van der Waals surface area (Å²) in [5, 5.41) is 3.42. The summed E-state index contributed by atoms with van der Waals surface area (Å²) in [6.45, 7) is 0.293. The van der Waals surface area contributed by atoms with E-state index in [0.717, 1.165) is 4.88 Å². The molecule has 0 aromatic carbocycles. The van der Waals surface area contributed by atoms with Crippen LogP contribution in [0.3, 0.4) is 0 Å². The van der Waals surface area contributed by atoms with Crippen LogP contribution in [-0.4, -0.2) is 50.0 Å². The van der Waals surface area contributed by atoms with Crippen molar-refractivity contribution in [3.63, 3.8) is 0 Å². The number of hydrogen-bond donors (Lipinski definition) is 0. The summed E-state index contributed by atoms with van der Waals surface area (Å²) < 4.78 is 42.6. The fourth-order valence-corrected chi connectivity index (χ4v) is 3.74. The van der Waals surface area contributed by atoms with Crippen molar-refractivity contribution >= 4 is 28.9 Å². The maximum Gasteiger partial charge on any atom is 0.471 e. The van der Waals surface area contributed by atoms with Crippen molar-refractivity contribution in [1.29, 1.82) is 0 Å².